The number of aromatic amines is 1. The summed E-state index contributed by atoms with van der Waals surface area (Å²) < 4.78 is 1.97. The number of nitrogens with zero attached hydrogens (tertiary/aromatic N) is 3. The largest absolute Gasteiger partial charge is 0.356 e. The predicted molar refractivity (Wildman–Crippen MR) is 111 cm³/mol. The molecule has 0 radical (unpaired) electrons. The maximum Gasteiger partial charge on any atom is 0.233 e. The van der Waals surface area contributed by atoms with Gasteiger partial charge in [-0.15, -0.1) is 0 Å². The van der Waals surface area contributed by atoms with Crippen LogP contribution in [-0.2, 0) is 11.2 Å². The number of carbonyl (C=O) groups excluding carboxylic acids is 1. The Balaban J connectivity index is 1.80. The van der Waals surface area contributed by atoms with Gasteiger partial charge in [0.2, 0.25) is 5.91 Å². The second kappa shape index (κ2) is 7.43. The number of hydrogen-bond acceptors (Lipinski definition) is 3. The summed E-state index contributed by atoms with van der Waals surface area (Å²) in [4.78, 5) is 18.6. The molecule has 0 saturated carbocycles. The van der Waals surface area contributed by atoms with E-state index in [4.69, 9.17) is 0 Å². The van der Waals surface area contributed by atoms with E-state index in [2.05, 4.69) is 61.3 Å². The third-order valence-corrected chi connectivity index (χ3v) is 6.11. The van der Waals surface area contributed by atoms with Crippen LogP contribution in [0.15, 0.2) is 36.7 Å². The number of carbonyl (C=O) groups is 1. The van der Waals surface area contributed by atoms with Crippen molar-refractivity contribution < 1.29 is 4.79 Å². The Morgan fingerprint density at radius 2 is 2.19 bits per heavy atom. The van der Waals surface area contributed by atoms with E-state index in [1.807, 2.05) is 15.8 Å². The number of H-pyrrole nitrogens is 1. The van der Waals surface area contributed by atoms with Crippen LogP contribution >= 0.6 is 11.8 Å². The van der Waals surface area contributed by atoms with Crippen LogP contribution in [0, 0.1) is 0 Å². The molecule has 5 nitrogen and oxygen atoms in total. The molecule has 1 aromatic carbocycles. The van der Waals surface area contributed by atoms with Crippen LogP contribution in [0.3, 0.4) is 0 Å². The van der Waals surface area contributed by atoms with E-state index < -0.39 is 0 Å². The number of para-hydroxylation sites is 1. The molecule has 0 bridgehead atoms. The lowest BCUT2D eigenvalue weighted by Gasteiger charge is -2.35. The summed E-state index contributed by atoms with van der Waals surface area (Å²) in [5.74, 6) is 1.68. The molecule has 1 aliphatic heterocycles. The van der Waals surface area contributed by atoms with Crippen molar-refractivity contribution in [2.75, 3.05) is 18.1 Å². The van der Waals surface area contributed by atoms with Gasteiger partial charge in [0.1, 0.15) is 6.04 Å². The fraction of sp³-hybridized carbons (Fsp3) is 0.429. The van der Waals surface area contributed by atoms with E-state index in [1.54, 1.807) is 11.8 Å². The smallest absolute Gasteiger partial charge is 0.233 e. The first-order chi connectivity index (χ1) is 13.1. The van der Waals surface area contributed by atoms with E-state index in [1.165, 1.54) is 10.9 Å². The number of amides is 1. The van der Waals surface area contributed by atoms with Crippen molar-refractivity contribution in [3.05, 3.63) is 53.5 Å². The number of aromatic nitrogens is 3. The first kappa shape index (κ1) is 18.2. The van der Waals surface area contributed by atoms with Crippen LogP contribution in [0.5, 0.6) is 0 Å². The minimum absolute atomic E-state index is 0.0985. The second-order valence-electron chi connectivity index (χ2n) is 7.29. The first-order valence-corrected chi connectivity index (χ1v) is 10.8. The van der Waals surface area contributed by atoms with Crippen molar-refractivity contribution in [1.82, 2.24) is 19.7 Å². The van der Waals surface area contributed by atoms with E-state index in [0.29, 0.717) is 11.8 Å². The number of fused-ring (bicyclic) bond motifs is 3. The maximum atomic E-state index is 13.0. The molecule has 0 aliphatic carbocycles. The average Bonchev–Trinajstić information content (AvgIpc) is 3.30. The van der Waals surface area contributed by atoms with Crippen LogP contribution in [0.1, 0.15) is 49.7 Å². The van der Waals surface area contributed by atoms with Gasteiger partial charge in [0.05, 0.1) is 11.9 Å². The zero-order chi connectivity index (χ0) is 19.0. The molecule has 3 heterocycles. The lowest BCUT2D eigenvalue weighted by molar-refractivity contribution is -0.130. The van der Waals surface area contributed by atoms with Gasteiger partial charge in [-0.2, -0.15) is 16.9 Å². The third kappa shape index (κ3) is 3.27. The van der Waals surface area contributed by atoms with Crippen molar-refractivity contribution in [2.24, 2.45) is 0 Å². The normalized spacial score (nSPS) is 16.9. The topological polar surface area (TPSA) is 53.9 Å². The fourth-order valence-electron chi connectivity index (χ4n) is 3.90. The van der Waals surface area contributed by atoms with Crippen molar-refractivity contribution in [2.45, 2.75) is 39.3 Å². The second-order valence-corrected chi connectivity index (χ2v) is 8.56. The van der Waals surface area contributed by atoms with Gasteiger partial charge in [-0.3, -0.25) is 9.48 Å². The van der Waals surface area contributed by atoms with Gasteiger partial charge < -0.3 is 9.88 Å². The number of thioether (sulfide) groups is 1. The zero-order valence-corrected chi connectivity index (χ0v) is 16.9. The quantitative estimate of drug-likeness (QED) is 0.720. The Morgan fingerprint density at radius 1 is 1.37 bits per heavy atom. The standard InChI is InChI=1S/C21H26N4OS/c1-4-27-13-19(26)24-10-9-17-16-7-5-6-8-18(16)23-20(17)21(24)15-11-22-25(12-15)14(2)3/h5-8,11-12,14,21,23H,4,9-10,13H2,1-3H3. The van der Waals surface area contributed by atoms with Crippen LogP contribution in [0.2, 0.25) is 0 Å². The third-order valence-electron chi connectivity index (χ3n) is 5.25. The molecule has 1 unspecified atom stereocenters. The summed E-state index contributed by atoms with van der Waals surface area (Å²) in [6, 6.07) is 8.61. The molecule has 2 aromatic heterocycles. The summed E-state index contributed by atoms with van der Waals surface area (Å²) in [7, 11) is 0. The van der Waals surface area contributed by atoms with Crippen molar-refractivity contribution >= 4 is 28.6 Å². The Bertz CT molecular complexity index is 958. The fourth-order valence-corrected chi connectivity index (χ4v) is 4.45. The van der Waals surface area contributed by atoms with Crippen LogP contribution in [-0.4, -0.2) is 43.6 Å². The molecule has 1 atom stereocenters. The number of benzene rings is 1. The van der Waals surface area contributed by atoms with E-state index in [0.717, 1.165) is 35.5 Å². The molecule has 0 saturated heterocycles. The number of rotatable bonds is 5. The van der Waals surface area contributed by atoms with E-state index in [-0.39, 0.29) is 11.9 Å². The average molecular weight is 383 g/mol. The van der Waals surface area contributed by atoms with Gasteiger partial charge in [-0.25, -0.2) is 0 Å². The van der Waals surface area contributed by atoms with Gasteiger partial charge in [0, 0.05) is 40.9 Å². The summed E-state index contributed by atoms with van der Waals surface area (Å²) in [5.41, 5.74) is 4.69. The van der Waals surface area contributed by atoms with Gasteiger partial charge in [-0.1, -0.05) is 25.1 Å². The molecule has 3 aromatic rings. The van der Waals surface area contributed by atoms with Crippen LogP contribution in [0.4, 0.5) is 0 Å². The SMILES string of the molecule is CCSCC(=O)N1CCc2c([nH]c3ccccc23)C1c1cnn(C(C)C)c1. The van der Waals surface area contributed by atoms with Crippen LogP contribution < -0.4 is 0 Å². The highest BCUT2D eigenvalue weighted by Crippen LogP contribution is 2.38. The zero-order valence-electron chi connectivity index (χ0n) is 16.1. The number of hydrogen-bond donors (Lipinski definition) is 1. The molecule has 0 spiro atoms. The van der Waals surface area contributed by atoms with Crippen LogP contribution in [0.25, 0.3) is 10.9 Å². The molecule has 27 heavy (non-hydrogen) atoms. The van der Waals surface area contributed by atoms with Crippen molar-refractivity contribution in [3.63, 3.8) is 0 Å². The van der Waals surface area contributed by atoms with Gasteiger partial charge >= 0.3 is 0 Å². The van der Waals surface area contributed by atoms with E-state index in [9.17, 15) is 4.79 Å². The van der Waals surface area contributed by atoms with Gasteiger partial charge in [-0.05, 0) is 37.7 Å². The Hall–Kier alpha value is -2.21. The molecule has 4 rings (SSSR count). The van der Waals surface area contributed by atoms with Gasteiger partial charge in [0.15, 0.2) is 0 Å². The summed E-state index contributed by atoms with van der Waals surface area (Å²) in [6.07, 6.45) is 4.89. The van der Waals surface area contributed by atoms with Gasteiger partial charge in [0.25, 0.3) is 0 Å². The predicted octanol–water partition coefficient (Wildman–Crippen LogP) is 4.17. The summed E-state index contributed by atoms with van der Waals surface area (Å²) in [5, 5.41) is 5.80. The highest BCUT2D eigenvalue weighted by atomic mass is 32.2. The van der Waals surface area contributed by atoms with E-state index >= 15 is 0 Å². The molecule has 1 aliphatic rings. The monoisotopic (exact) mass is 382 g/mol. The Kier molecular flexibility index (Phi) is 5.00. The Morgan fingerprint density at radius 3 is 2.93 bits per heavy atom. The molecule has 6 heteroatoms. The lowest BCUT2D eigenvalue weighted by Crippen LogP contribution is -2.41. The van der Waals surface area contributed by atoms with Crippen molar-refractivity contribution in [3.8, 4) is 0 Å². The lowest BCUT2D eigenvalue weighted by atomic mass is 9.94. The first-order valence-electron chi connectivity index (χ1n) is 9.61. The van der Waals surface area contributed by atoms with Crippen molar-refractivity contribution in [1.29, 1.82) is 0 Å². The minimum Gasteiger partial charge on any atom is -0.356 e. The molecular weight excluding hydrogens is 356 g/mol. The molecule has 0 fully saturated rings. The summed E-state index contributed by atoms with van der Waals surface area (Å²) in [6.45, 7) is 7.07. The minimum atomic E-state index is -0.0985. The summed E-state index contributed by atoms with van der Waals surface area (Å²) >= 11 is 1.68. The molecule has 142 valence electrons. The highest BCUT2D eigenvalue weighted by molar-refractivity contribution is 7.99. The molecule has 1 amide bonds. The Labute approximate surface area is 164 Å². The molecular formula is C21H26N4OS. The molecule has 1 N–H and O–H groups in total. The maximum absolute atomic E-state index is 13.0. The highest BCUT2D eigenvalue weighted by Gasteiger charge is 2.35. The number of nitrogens with one attached hydrogen (secondary N) is 1.